The van der Waals surface area contributed by atoms with Gasteiger partial charge in [-0.2, -0.15) is 5.10 Å². The molecule has 4 heteroatoms. The molecule has 0 saturated heterocycles. The molecule has 5 rings (SSSR count). The lowest BCUT2D eigenvalue weighted by Gasteiger charge is -2.34. The molecule has 0 aliphatic heterocycles. The van der Waals surface area contributed by atoms with E-state index in [1.165, 1.54) is 16.8 Å². The Morgan fingerprint density at radius 3 is 2.37 bits per heavy atom. The molecule has 148 valence electrons. The van der Waals surface area contributed by atoms with E-state index in [0.717, 1.165) is 28.9 Å². The topological polar surface area (TPSA) is 44.8 Å². The highest BCUT2D eigenvalue weighted by Gasteiger charge is 2.36. The number of rotatable bonds is 4. The lowest BCUT2D eigenvalue weighted by molar-refractivity contribution is 0.620. The first-order valence-corrected chi connectivity index (χ1v) is 10.2. The first-order chi connectivity index (χ1) is 14.7. The average molecular weight is 393 g/mol. The Labute approximate surface area is 176 Å². The Balaban J connectivity index is 1.63. The molecule has 0 spiro atoms. The smallest absolute Gasteiger partial charge is 0.101 e. The molecule has 0 saturated carbocycles. The molecule has 30 heavy (non-hydrogen) atoms. The number of aromatic nitrogens is 3. The zero-order chi connectivity index (χ0) is 20.6. The van der Waals surface area contributed by atoms with Crippen LogP contribution in [-0.4, -0.2) is 29.3 Å². The summed E-state index contributed by atoms with van der Waals surface area (Å²) >= 11 is 0. The predicted molar refractivity (Wildman–Crippen MR) is 123 cm³/mol. The number of benzene rings is 2. The Hall–Kier alpha value is -3.66. The van der Waals surface area contributed by atoms with E-state index in [9.17, 15) is 0 Å². The number of nitrogens with zero attached hydrogens (tertiary/aromatic N) is 3. The highest BCUT2D eigenvalue weighted by atomic mass is 15.1. The zero-order valence-corrected chi connectivity index (χ0v) is 17.2. The van der Waals surface area contributed by atoms with Crippen LogP contribution in [0.1, 0.15) is 22.4 Å². The largest absolute Gasteiger partial charge is 0.378 e. The second kappa shape index (κ2) is 7.30. The summed E-state index contributed by atoms with van der Waals surface area (Å²) in [5.41, 5.74) is 7.80. The van der Waals surface area contributed by atoms with Crippen molar-refractivity contribution in [2.75, 3.05) is 19.0 Å². The van der Waals surface area contributed by atoms with Crippen LogP contribution >= 0.6 is 0 Å². The Kier molecular flexibility index (Phi) is 4.47. The maximum absolute atomic E-state index is 4.64. The number of aromatic amines is 1. The van der Waals surface area contributed by atoms with Crippen molar-refractivity contribution in [1.82, 2.24) is 15.2 Å². The molecule has 1 aliphatic rings. The average Bonchev–Trinajstić information content (AvgIpc) is 3.23. The summed E-state index contributed by atoms with van der Waals surface area (Å²) in [5, 5.41) is 7.95. The first-order valence-electron chi connectivity index (χ1n) is 10.2. The van der Waals surface area contributed by atoms with Crippen LogP contribution in [0.2, 0.25) is 0 Å². The van der Waals surface area contributed by atoms with Gasteiger partial charge < -0.3 is 4.90 Å². The summed E-state index contributed by atoms with van der Waals surface area (Å²) in [5.74, 6) is 0. The van der Waals surface area contributed by atoms with E-state index in [0.29, 0.717) is 0 Å². The van der Waals surface area contributed by atoms with Gasteiger partial charge in [-0.25, -0.2) is 0 Å². The molecule has 2 aromatic heterocycles. The lowest BCUT2D eigenvalue weighted by atomic mass is 9.68. The standard InChI is InChI=1S/C26H24N4/c1-30(2)22-12-10-21(11-13-22)26(20-8-4-3-5-9-20)15-14-23-24(17-26)28-29-25(23)19-7-6-16-27-18-19/h3-16,18H,17H2,1-2H3,(H,28,29). The summed E-state index contributed by atoms with van der Waals surface area (Å²) in [4.78, 5) is 6.38. The van der Waals surface area contributed by atoms with Crippen LogP contribution in [0.4, 0.5) is 5.69 Å². The van der Waals surface area contributed by atoms with E-state index >= 15 is 0 Å². The second-order valence-electron chi connectivity index (χ2n) is 7.99. The number of anilines is 1. The molecule has 1 aliphatic carbocycles. The molecular weight excluding hydrogens is 368 g/mol. The summed E-state index contributed by atoms with van der Waals surface area (Å²) in [7, 11) is 4.14. The molecule has 4 aromatic rings. The molecule has 0 amide bonds. The van der Waals surface area contributed by atoms with Gasteiger partial charge in [0.05, 0.1) is 0 Å². The van der Waals surface area contributed by atoms with Gasteiger partial charge in [-0.05, 0) is 35.4 Å². The second-order valence-corrected chi connectivity index (χ2v) is 7.99. The number of hydrogen-bond acceptors (Lipinski definition) is 3. The molecule has 2 heterocycles. The fourth-order valence-electron chi connectivity index (χ4n) is 4.34. The van der Waals surface area contributed by atoms with Gasteiger partial charge in [0.2, 0.25) is 0 Å². The highest BCUT2D eigenvalue weighted by Crippen LogP contribution is 2.43. The van der Waals surface area contributed by atoms with Gasteiger partial charge >= 0.3 is 0 Å². The van der Waals surface area contributed by atoms with Crippen molar-refractivity contribution in [1.29, 1.82) is 0 Å². The van der Waals surface area contributed by atoms with Crippen LogP contribution in [-0.2, 0) is 11.8 Å². The van der Waals surface area contributed by atoms with Crippen LogP contribution in [0, 0.1) is 0 Å². The van der Waals surface area contributed by atoms with Gasteiger partial charge in [-0.3, -0.25) is 10.1 Å². The van der Waals surface area contributed by atoms with Gasteiger partial charge in [0.1, 0.15) is 5.69 Å². The monoisotopic (exact) mass is 392 g/mol. The fraction of sp³-hybridized carbons (Fsp3) is 0.154. The van der Waals surface area contributed by atoms with Crippen LogP contribution in [0.3, 0.4) is 0 Å². The molecule has 2 aromatic carbocycles. The van der Waals surface area contributed by atoms with Crippen LogP contribution in [0.25, 0.3) is 17.3 Å². The van der Waals surface area contributed by atoms with E-state index in [-0.39, 0.29) is 5.41 Å². The number of fused-ring (bicyclic) bond motifs is 1. The third-order valence-corrected chi connectivity index (χ3v) is 6.00. The number of pyridine rings is 1. The summed E-state index contributed by atoms with van der Waals surface area (Å²) in [6.45, 7) is 0. The minimum Gasteiger partial charge on any atom is -0.378 e. The minimum atomic E-state index is -0.238. The number of H-pyrrole nitrogens is 1. The normalized spacial score (nSPS) is 17.5. The van der Waals surface area contributed by atoms with Crippen LogP contribution in [0.15, 0.2) is 85.2 Å². The third kappa shape index (κ3) is 3.01. The van der Waals surface area contributed by atoms with Crippen molar-refractivity contribution < 1.29 is 0 Å². The van der Waals surface area contributed by atoms with Crippen molar-refractivity contribution in [3.8, 4) is 11.3 Å². The van der Waals surface area contributed by atoms with Crippen molar-refractivity contribution >= 4 is 11.8 Å². The maximum atomic E-state index is 4.64. The first kappa shape index (κ1) is 18.4. The SMILES string of the molecule is CN(C)c1ccc(C2(c3ccccc3)C=Cc3c(-c4cccnc4)n[nH]c3C2)cc1. The quantitative estimate of drug-likeness (QED) is 0.526. The van der Waals surface area contributed by atoms with Gasteiger partial charge in [-0.1, -0.05) is 54.6 Å². The Bertz CT molecular complexity index is 1170. The highest BCUT2D eigenvalue weighted by molar-refractivity contribution is 5.76. The summed E-state index contributed by atoms with van der Waals surface area (Å²) in [6.07, 6.45) is 9.04. The number of allylic oxidation sites excluding steroid dienone is 1. The van der Waals surface area contributed by atoms with Crippen molar-refractivity contribution in [3.05, 3.63) is 108 Å². The van der Waals surface area contributed by atoms with E-state index in [4.69, 9.17) is 0 Å². The zero-order valence-electron chi connectivity index (χ0n) is 17.2. The van der Waals surface area contributed by atoms with Gasteiger partial charge in [0, 0.05) is 60.8 Å². The molecule has 0 fully saturated rings. The molecule has 1 unspecified atom stereocenters. The van der Waals surface area contributed by atoms with Crippen molar-refractivity contribution in [2.45, 2.75) is 11.8 Å². The van der Waals surface area contributed by atoms with Crippen LogP contribution in [0.5, 0.6) is 0 Å². The summed E-state index contributed by atoms with van der Waals surface area (Å²) in [6, 6.07) is 23.6. The molecule has 1 N–H and O–H groups in total. The number of hydrogen-bond donors (Lipinski definition) is 1. The predicted octanol–water partition coefficient (Wildman–Crippen LogP) is 5.09. The minimum absolute atomic E-state index is 0.238. The van der Waals surface area contributed by atoms with Gasteiger partial charge in [0.15, 0.2) is 0 Å². The molecule has 1 atom stereocenters. The van der Waals surface area contributed by atoms with E-state index < -0.39 is 0 Å². The molecule has 0 radical (unpaired) electrons. The van der Waals surface area contributed by atoms with Gasteiger partial charge in [0.25, 0.3) is 0 Å². The number of nitrogens with one attached hydrogen (secondary N) is 1. The molecular formula is C26H24N4. The lowest BCUT2D eigenvalue weighted by Crippen LogP contribution is -2.30. The third-order valence-electron chi connectivity index (χ3n) is 6.00. The van der Waals surface area contributed by atoms with E-state index in [2.05, 4.69) is 107 Å². The van der Waals surface area contributed by atoms with Crippen LogP contribution < -0.4 is 4.90 Å². The summed E-state index contributed by atoms with van der Waals surface area (Å²) < 4.78 is 0. The van der Waals surface area contributed by atoms with E-state index in [1.807, 2.05) is 12.3 Å². The van der Waals surface area contributed by atoms with Crippen molar-refractivity contribution in [2.24, 2.45) is 0 Å². The Morgan fingerprint density at radius 1 is 0.900 bits per heavy atom. The molecule has 4 nitrogen and oxygen atoms in total. The van der Waals surface area contributed by atoms with E-state index in [1.54, 1.807) is 6.20 Å². The fourth-order valence-corrected chi connectivity index (χ4v) is 4.34. The van der Waals surface area contributed by atoms with Gasteiger partial charge in [-0.15, -0.1) is 0 Å². The van der Waals surface area contributed by atoms with Crippen molar-refractivity contribution in [3.63, 3.8) is 0 Å². The molecule has 0 bridgehead atoms. The Morgan fingerprint density at radius 2 is 1.67 bits per heavy atom. The maximum Gasteiger partial charge on any atom is 0.101 e.